The van der Waals surface area contributed by atoms with Crippen molar-refractivity contribution in [1.82, 2.24) is 5.32 Å². The van der Waals surface area contributed by atoms with Gasteiger partial charge < -0.3 is 5.32 Å². The second-order valence-corrected chi connectivity index (χ2v) is 8.97. The molecule has 1 aliphatic heterocycles. The zero-order valence-electron chi connectivity index (χ0n) is 12.6. The van der Waals surface area contributed by atoms with E-state index in [1.807, 2.05) is 23.9 Å². The second kappa shape index (κ2) is 6.69. The molecule has 1 atom stereocenters. The third kappa shape index (κ3) is 4.71. The van der Waals surface area contributed by atoms with E-state index in [0.717, 1.165) is 24.3 Å². The maximum Gasteiger partial charge on any atom is 0.238 e. The van der Waals surface area contributed by atoms with E-state index < -0.39 is 10.0 Å². The standard InChI is InChI=1S/C15H24N2O2S2/c1-15(2)8-10-20-11-14(15)17-9-7-12-3-5-13(6-4-12)21(16,18)19/h3-6,14,17H,7-11H2,1-2H3,(H2,16,18,19). The van der Waals surface area contributed by atoms with Crippen molar-refractivity contribution in [2.45, 2.75) is 37.6 Å². The normalized spacial score (nSPS) is 22.1. The number of nitrogens with one attached hydrogen (secondary N) is 1. The molecule has 118 valence electrons. The van der Waals surface area contributed by atoms with Crippen molar-refractivity contribution in [2.75, 3.05) is 18.1 Å². The Morgan fingerprint density at radius 3 is 2.57 bits per heavy atom. The molecule has 6 heteroatoms. The predicted octanol–water partition coefficient (Wildman–Crippen LogP) is 2.00. The maximum atomic E-state index is 11.2. The molecule has 3 N–H and O–H groups in total. The Balaban J connectivity index is 1.86. The Morgan fingerprint density at radius 1 is 1.33 bits per heavy atom. The summed E-state index contributed by atoms with van der Waals surface area (Å²) in [4.78, 5) is 0.170. The van der Waals surface area contributed by atoms with Crippen molar-refractivity contribution in [2.24, 2.45) is 10.6 Å². The predicted molar refractivity (Wildman–Crippen MR) is 89.0 cm³/mol. The molecule has 0 amide bonds. The van der Waals surface area contributed by atoms with Crippen LogP contribution in [0.25, 0.3) is 0 Å². The summed E-state index contributed by atoms with van der Waals surface area (Å²) in [5.41, 5.74) is 1.47. The largest absolute Gasteiger partial charge is 0.312 e. The van der Waals surface area contributed by atoms with E-state index >= 15 is 0 Å². The summed E-state index contributed by atoms with van der Waals surface area (Å²) in [6.45, 7) is 5.56. The Hall–Kier alpha value is -0.560. The zero-order valence-corrected chi connectivity index (χ0v) is 14.3. The lowest BCUT2D eigenvalue weighted by atomic mass is 9.82. The lowest BCUT2D eigenvalue weighted by Gasteiger charge is -2.39. The molecule has 0 bridgehead atoms. The Morgan fingerprint density at radius 2 is 2.00 bits per heavy atom. The molecule has 2 rings (SSSR count). The highest BCUT2D eigenvalue weighted by atomic mass is 32.2. The molecule has 0 aliphatic carbocycles. The molecule has 1 aliphatic rings. The van der Waals surface area contributed by atoms with Gasteiger partial charge in [0.2, 0.25) is 10.0 Å². The van der Waals surface area contributed by atoms with E-state index in [0.29, 0.717) is 11.5 Å². The third-order valence-corrected chi connectivity index (χ3v) is 6.17. The van der Waals surface area contributed by atoms with Gasteiger partial charge in [-0.2, -0.15) is 11.8 Å². The number of nitrogens with two attached hydrogens (primary N) is 1. The Bertz CT molecular complexity index is 568. The van der Waals surface area contributed by atoms with Gasteiger partial charge in [-0.15, -0.1) is 0 Å². The minimum absolute atomic E-state index is 0.170. The molecule has 4 nitrogen and oxygen atoms in total. The highest BCUT2D eigenvalue weighted by Crippen LogP contribution is 2.34. The average Bonchev–Trinajstić information content (AvgIpc) is 2.40. The van der Waals surface area contributed by atoms with Crippen LogP contribution in [-0.4, -0.2) is 32.5 Å². The van der Waals surface area contributed by atoms with E-state index in [4.69, 9.17) is 5.14 Å². The van der Waals surface area contributed by atoms with Crippen molar-refractivity contribution in [1.29, 1.82) is 0 Å². The van der Waals surface area contributed by atoms with Gasteiger partial charge >= 0.3 is 0 Å². The molecule has 1 unspecified atom stereocenters. The molecule has 0 aromatic heterocycles. The van der Waals surface area contributed by atoms with Crippen molar-refractivity contribution < 1.29 is 8.42 Å². The maximum absolute atomic E-state index is 11.2. The van der Waals surface area contributed by atoms with Crippen LogP contribution in [-0.2, 0) is 16.4 Å². The Kier molecular flexibility index (Phi) is 5.35. The van der Waals surface area contributed by atoms with Gasteiger partial charge in [0.1, 0.15) is 0 Å². The molecule has 1 aromatic carbocycles. The zero-order chi connectivity index (χ0) is 15.5. The van der Waals surface area contributed by atoms with Crippen LogP contribution in [0.3, 0.4) is 0 Å². The molecule has 0 saturated carbocycles. The van der Waals surface area contributed by atoms with Crippen LogP contribution in [0.5, 0.6) is 0 Å². The minimum Gasteiger partial charge on any atom is -0.312 e. The summed E-state index contributed by atoms with van der Waals surface area (Å²) in [5, 5.41) is 8.73. The first-order valence-corrected chi connectivity index (χ1v) is 9.92. The molecule has 1 saturated heterocycles. The topological polar surface area (TPSA) is 72.2 Å². The lowest BCUT2D eigenvalue weighted by molar-refractivity contribution is 0.247. The summed E-state index contributed by atoms with van der Waals surface area (Å²) in [6.07, 6.45) is 2.14. The molecule has 1 heterocycles. The number of rotatable bonds is 5. The quantitative estimate of drug-likeness (QED) is 0.867. The SMILES string of the molecule is CC1(C)CCSCC1NCCc1ccc(S(N)(=O)=O)cc1. The first-order valence-electron chi connectivity index (χ1n) is 7.22. The third-order valence-electron chi connectivity index (χ3n) is 4.17. The van der Waals surface area contributed by atoms with E-state index in [1.54, 1.807) is 12.1 Å². The molecular weight excluding hydrogens is 304 g/mol. The van der Waals surface area contributed by atoms with Crippen LogP contribution in [0, 0.1) is 5.41 Å². The van der Waals surface area contributed by atoms with Gasteiger partial charge in [-0.05, 0) is 48.3 Å². The highest BCUT2D eigenvalue weighted by Gasteiger charge is 2.31. The fourth-order valence-electron chi connectivity index (χ4n) is 2.51. The van der Waals surface area contributed by atoms with Crippen LogP contribution in [0.1, 0.15) is 25.8 Å². The van der Waals surface area contributed by atoms with E-state index in [-0.39, 0.29) is 4.90 Å². The Labute approximate surface area is 131 Å². The van der Waals surface area contributed by atoms with Crippen LogP contribution in [0.15, 0.2) is 29.2 Å². The van der Waals surface area contributed by atoms with E-state index in [9.17, 15) is 8.42 Å². The van der Waals surface area contributed by atoms with Gasteiger partial charge in [0.25, 0.3) is 0 Å². The van der Waals surface area contributed by atoms with Gasteiger partial charge in [0.05, 0.1) is 4.90 Å². The van der Waals surface area contributed by atoms with Crippen molar-refractivity contribution in [3.8, 4) is 0 Å². The number of sulfonamides is 1. The number of hydrogen-bond acceptors (Lipinski definition) is 4. The fraction of sp³-hybridized carbons (Fsp3) is 0.600. The highest BCUT2D eigenvalue weighted by molar-refractivity contribution is 7.99. The van der Waals surface area contributed by atoms with Gasteiger partial charge in [0, 0.05) is 11.8 Å². The van der Waals surface area contributed by atoms with Gasteiger partial charge in [-0.3, -0.25) is 0 Å². The van der Waals surface area contributed by atoms with Crippen molar-refractivity contribution in [3.05, 3.63) is 29.8 Å². The molecule has 21 heavy (non-hydrogen) atoms. The summed E-state index contributed by atoms with van der Waals surface area (Å²) in [5.74, 6) is 2.41. The monoisotopic (exact) mass is 328 g/mol. The van der Waals surface area contributed by atoms with Gasteiger partial charge in [-0.1, -0.05) is 26.0 Å². The second-order valence-electron chi connectivity index (χ2n) is 6.26. The van der Waals surface area contributed by atoms with Gasteiger partial charge in [-0.25, -0.2) is 13.6 Å². The fourth-order valence-corrected chi connectivity index (χ4v) is 4.67. The summed E-state index contributed by atoms with van der Waals surface area (Å²) in [6, 6.07) is 7.36. The first-order chi connectivity index (χ1) is 9.79. The molecular formula is C15H24N2O2S2. The lowest BCUT2D eigenvalue weighted by Crippen LogP contribution is -2.47. The smallest absolute Gasteiger partial charge is 0.238 e. The number of benzene rings is 1. The first kappa shape index (κ1) is 16.8. The van der Waals surface area contributed by atoms with Crippen LogP contribution >= 0.6 is 11.8 Å². The van der Waals surface area contributed by atoms with E-state index in [2.05, 4.69) is 19.2 Å². The number of thioether (sulfide) groups is 1. The molecule has 0 spiro atoms. The van der Waals surface area contributed by atoms with Crippen LogP contribution in [0.4, 0.5) is 0 Å². The summed E-state index contributed by atoms with van der Waals surface area (Å²) < 4.78 is 22.4. The van der Waals surface area contributed by atoms with Crippen LogP contribution < -0.4 is 10.5 Å². The van der Waals surface area contributed by atoms with Crippen molar-refractivity contribution >= 4 is 21.8 Å². The van der Waals surface area contributed by atoms with Gasteiger partial charge in [0.15, 0.2) is 0 Å². The molecule has 0 radical (unpaired) electrons. The van der Waals surface area contributed by atoms with Crippen molar-refractivity contribution in [3.63, 3.8) is 0 Å². The van der Waals surface area contributed by atoms with Crippen LogP contribution in [0.2, 0.25) is 0 Å². The summed E-state index contributed by atoms with van der Waals surface area (Å²) >= 11 is 2.01. The number of hydrogen-bond donors (Lipinski definition) is 2. The molecule has 1 aromatic rings. The summed E-state index contributed by atoms with van der Waals surface area (Å²) in [7, 11) is -3.59. The average molecular weight is 329 g/mol. The molecule has 1 fully saturated rings. The van der Waals surface area contributed by atoms with E-state index in [1.165, 1.54) is 12.2 Å². The number of primary sulfonamides is 1. The minimum atomic E-state index is -3.59.